The molecule has 2 rings (SSSR count). The first-order chi connectivity index (χ1) is 8.58. The predicted molar refractivity (Wildman–Crippen MR) is 68.7 cm³/mol. The quantitative estimate of drug-likeness (QED) is 0.799. The van der Waals surface area contributed by atoms with Crippen molar-refractivity contribution in [2.45, 2.75) is 6.42 Å². The van der Waals surface area contributed by atoms with Crippen LogP contribution in [0.15, 0.2) is 36.5 Å². The molecule has 0 spiro atoms. The molecule has 0 aliphatic rings. The number of carbonyl (C=O) groups is 1. The zero-order valence-corrected chi connectivity index (χ0v) is 10.7. The van der Waals surface area contributed by atoms with Crippen LogP contribution in [-0.4, -0.2) is 10.8 Å². The van der Waals surface area contributed by atoms with Gasteiger partial charge in [-0.15, -0.1) is 0 Å². The third-order valence-corrected chi connectivity index (χ3v) is 2.91. The van der Waals surface area contributed by atoms with Crippen LogP contribution in [0.2, 0.25) is 10.0 Å². The van der Waals surface area contributed by atoms with Crippen LogP contribution in [0.3, 0.4) is 0 Å². The zero-order chi connectivity index (χ0) is 13.1. The maximum Gasteiger partial charge on any atom is 0.185 e. The number of hydrogen-bond acceptors (Lipinski definition) is 2. The van der Waals surface area contributed by atoms with Crippen LogP contribution in [0, 0.1) is 5.82 Å². The van der Waals surface area contributed by atoms with Crippen molar-refractivity contribution in [1.29, 1.82) is 0 Å². The number of aromatic nitrogens is 1. The van der Waals surface area contributed by atoms with Gasteiger partial charge in [-0.3, -0.25) is 9.78 Å². The van der Waals surface area contributed by atoms with Gasteiger partial charge in [0.1, 0.15) is 11.5 Å². The van der Waals surface area contributed by atoms with E-state index in [1.807, 2.05) is 0 Å². The molecule has 0 fully saturated rings. The molecule has 92 valence electrons. The Morgan fingerprint density at radius 1 is 1.22 bits per heavy atom. The van der Waals surface area contributed by atoms with Gasteiger partial charge < -0.3 is 0 Å². The van der Waals surface area contributed by atoms with Gasteiger partial charge in [0.15, 0.2) is 5.78 Å². The van der Waals surface area contributed by atoms with E-state index < -0.39 is 5.82 Å². The summed E-state index contributed by atoms with van der Waals surface area (Å²) >= 11 is 11.3. The van der Waals surface area contributed by atoms with Crippen LogP contribution in [0.25, 0.3) is 0 Å². The Hall–Kier alpha value is -1.45. The van der Waals surface area contributed by atoms with Crippen molar-refractivity contribution in [3.63, 3.8) is 0 Å². The van der Waals surface area contributed by atoms with E-state index in [-0.39, 0.29) is 28.5 Å². The van der Waals surface area contributed by atoms with E-state index in [9.17, 15) is 9.18 Å². The summed E-state index contributed by atoms with van der Waals surface area (Å²) in [5, 5.41) is 0.449. The van der Waals surface area contributed by atoms with Crippen LogP contribution < -0.4 is 0 Å². The Morgan fingerprint density at radius 3 is 2.67 bits per heavy atom. The summed E-state index contributed by atoms with van der Waals surface area (Å²) in [5.41, 5.74) is 0.503. The molecule has 1 heterocycles. The Kier molecular flexibility index (Phi) is 3.94. The number of halogens is 3. The molecular formula is C13H8Cl2FNO. The van der Waals surface area contributed by atoms with E-state index in [2.05, 4.69) is 4.98 Å². The fraction of sp³-hybridized carbons (Fsp3) is 0.0769. The highest BCUT2D eigenvalue weighted by atomic mass is 35.5. The number of pyridine rings is 1. The molecule has 0 bridgehead atoms. The number of Topliss-reactive ketones (excluding diaryl/α,β-unsaturated/α-hetero) is 1. The lowest BCUT2D eigenvalue weighted by atomic mass is 10.1. The first-order valence-electron chi connectivity index (χ1n) is 5.15. The average Bonchev–Trinajstić information content (AvgIpc) is 2.36. The molecule has 1 aromatic carbocycles. The topological polar surface area (TPSA) is 30.0 Å². The van der Waals surface area contributed by atoms with Gasteiger partial charge in [0.2, 0.25) is 0 Å². The summed E-state index contributed by atoms with van der Waals surface area (Å²) in [6, 6.07) is 7.63. The number of carbonyl (C=O) groups excluding carboxylic acids is 1. The van der Waals surface area contributed by atoms with Crippen molar-refractivity contribution in [2.24, 2.45) is 0 Å². The van der Waals surface area contributed by atoms with E-state index >= 15 is 0 Å². The molecule has 0 aliphatic carbocycles. The zero-order valence-electron chi connectivity index (χ0n) is 9.16. The van der Waals surface area contributed by atoms with E-state index in [0.717, 1.165) is 0 Å². The smallest absolute Gasteiger partial charge is 0.185 e. The van der Waals surface area contributed by atoms with Crippen molar-refractivity contribution >= 4 is 29.0 Å². The number of nitrogens with zero attached hydrogens (tertiary/aromatic N) is 1. The Labute approximate surface area is 113 Å². The molecule has 0 saturated carbocycles. The van der Waals surface area contributed by atoms with Crippen LogP contribution in [0.5, 0.6) is 0 Å². The van der Waals surface area contributed by atoms with Gasteiger partial charge in [0.25, 0.3) is 0 Å². The minimum absolute atomic E-state index is 0.00404. The van der Waals surface area contributed by atoms with Crippen molar-refractivity contribution in [1.82, 2.24) is 4.98 Å². The molecule has 0 radical (unpaired) electrons. The molecule has 0 amide bonds. The number of benzene rings is 1. The maximum absolute atomic E-state index is 13.6. The number of ketones is 1. The van der Waals surface area contributed by atoms with E-state index in [4.69, 9.17) is 23.2 Å². The molecular weight excluding hydrogens is 276 g/mol. The highest BCUT2D eigenvalue weighted by Crippen LogP contribution is 2.19. The third kappa shape index (κ3) is 2.86. The van der Waals surface area contributed by atoms with Gasteiger partial charge in [0, 0.05) is 12.6 Å². The maximum atomic E-state index is 13.6. The minimum Gasteiger partial charge on any atom is -0.292 e. The molecule has 2 aromatic rings. The summed E-state index contributed by atoms with van der Waals surface area (Å²) in [4.78, 5) is 15.8. The van der Waals surface area contributed by atoms with Crippen LogP contribution in [-0.2, 0) is 6.42 Å². The SMILES string of the molecule is O=C(Cc1cccc(Cl)c1F)c1ccc(Cl)cn1. The van der Waals surface area contributed by atoms with E-state index in [1.54, 1.807) is 12.1 Å². The van der Waals surface area contributed by atoms with Crippen LogP contribution in [0.4, 0.5) is 4.39 Å². The minimum atomic E-state index is -0.568. The number of hydrogen-bond donors (Lipinski definition) is 0. The predicted octanol–water partition coefficient (Wildman–Crippen LogP) is 3.95. The molecule has 0 saturated heterocycles. The Morgan fingerprint density at radius 2 is 2.00 bits per heavy atom. The highest BCUT2D eigenvalue weighted by Gasteiger charge is 2.13. The molecule has 18 heavy (non-hydrogen) atoms. The first kappa shape index (κ1) is 13.0. The fourth-order valence-corrected chi connectivity index (χ4v) is 1.80. The molecule has 0 aliphatic heterocycles. The summed E-state index contributed by atoms with van der Waals surface area (Å²) in [5.74, 6) is -0.852. The van der Waals surface area contributed by atoms with Crippen LogP contribution in [0.1, 0.15) is 16.1 Å². The normalized spacial score (nSPS) is 10.4. The molecule has 5 heteroatoms. The van der Waals surface area contributed by atoms with Gasteiger partial charge in [-0.2, -0.15) is 0 Å². The standard InChI is InChI=1S/C13H8Cl2FNO/c14-9-4-5-11(17-7-9)12(18)6-8-2-1-3-10(15)13(8)16/h1-5,7H,6H2. The Bertz CT molecular complexity index is 584. The van der Waals surface area contributed by atoms with E-state index in [0.29, 0.717) is 5.02 Å². The summed E-state index contributed by atoms with van der Waals surface area (Å²) in [6.45, 7) is 0. The summed E-state index contributed by atoms with van der Waals surface area (Å²) in [7, 11) is 0. The molecule has 0 atom stereocenters. The lowest BCUT2D eigenvalue weighted by Crippen LogP contribution is -2.07. The van der Waals surface area contributed by atoms with Gasteiger partial charge in [-0.05, 0) is 23.8 Å². The van der Waals surface area contributed by atoms with Gasteiger partial charge in [-0.1, -0.05) is 35.3 Å². The lowest BCUT2D eigenvalue weighted by molar-refractivity contribution is 0.0987. The van der Waals surface area contributed by atoms with Crippen molar-refractivity contribution < 1.29 is 9.18 Å². The largest absolute Gasteiger partial charge is 0.292 e. The summed E-state index contributed by atoms with van der Waals surface area (Å²) < 4.78 is 13.6. The van der Waals surface area contributed by atoms with Gasteiger partial charge >= 0.3 is 0 Å². The number of rotatable bonds is 3. The third-order valence-electron chi connectivity index (χ3n) is 2.40. The second-order valence-electron chi connectivity index (χ2n) is 3.67. The second kappa shape index (κ2) is 5.46. The Balaban J connectivity index is 2.21. The lowest BCUT2D eigenvalue weighted by Gasteiger charge is -2.03. The molecule has 2 nitrogen and oxygen atoms in total. The average molecular weight is 284 g/mol. The van der Waals surface area contributed by atoms with Gasteiger partial charge in [0.05, 0.1) is 10.0 Å². The van der Waals surface area contributed by atoms with Crippen molar-refractivity contribution in [3.8, 4) is 0 Å². The van der Waals surface area contributed by atoms with Crippen LogP contribution >= 0.6 is 23.2 Å². The summed E-state index contributed by atoms with van der Waals surface area (Å²) in [6.07, 6.45) is 1.30. The fourth-order valence-electron chi connectivity index (χ4n) is 1.49. The van der Waals surface area contributed by atoms with E-state index in [1.165, 1.54) is 24.4 Å². The molecule has 0 unspecified atom stereocenters. The molecule has 1 aromatic heterocycles. The molecule has 0 N–H and O–H groups in total. The first-order valence-corrected chi connectivity index (χ1v) is 5.91. The highest BCUT2D eigenvalue weighted by molar-refractivity contribution is 6.31. The second-order valence-corrected chi connectivity index (χ2v) is 4.52. The van der Waals surface area contributed by atoms with Gasteiger partial charge in [-0.25, -0.2) is 4.39 Å². The van der Waals surface area contributed by atoms with Crippen molar-refractivity contribution in [2.75, 3.05) is 0 Å². The monoisotopic (exact) mass is 283 g/mol. The van der Waals surface area contributed by atoms with Crippen molar-refractivity contribution in [3.05, 3.63) is 63.6 Å².